The lowest BCUT2D eigenvalue weighted by atomic mass is 10.1. The minimum absolute atomic E-state index is 0.0702. The Labute approximate surface area is 140 Å². The monoisotopic (exact) mass is 437 g/mol. The van der Waals surface area contributed by atoms with Gasteiger partial charge >= 0.3 is 5.97 Å². The van der Waals surface area contributed by atoms with Gasteiger partial charge < -0.3 is 10.4 Å². The van der Waals surface area contributed by atoms with Crippen LogP contribution in [0.1, 0.15) is 20.7 Å². The molecule has 2 aromatic rings. The Morgan fingerprint density at radius 1 is 1.30 bits per heavy atom. The zero-order chi connectivity index (χ0) is 14.9. The van der Waals surface area contributed by atoms with Crippen molar-refractivity contribution in [3.05, 3.63) is 48.0 Å². The van der Waals surface area contributed by atoms with Gasteiger partial charge in [-0.05, 0) is 50.1 Å². The smallest absolute Gasteiger partial charge is 0.339 e. The van der Waals surface area contributed by atoms with Gasteiger partial charge in [-0.15, -0.1) is 11.3 Å². The maximum absolute atomic E-state index is 12.1. The third-order valence-electron chi connectivity index (χ3n) is 2.38. The van der Waals surface area contributed by atoms with Crippen LogP contribution in [0.4, 0.5) is 5.69 Å². The summed E-state index contributed by atoms with van der Waals surface area (Å²) >= 11 is 13.8. The normalized spacial score (nSPS) is 10.3. The first-order valence-electron chi connectivity index (χ1n) is 5.18. The number of benzene rings is 1. The number of carbonyl (C=O) groups excluding carboxylic acids is 1. The van der Waals surface area contributed by atoms with Gasteiger partial charge in [0, 0.05) is 0 Å². The molecule has 0 spiro atoms. The first-order valence-corrected chi connectivity index (χ1v) is 7.96. The van der Waals surface area contributed by atoms with Crippen molar-refractivity contribution in [3.8, 4) is 0 Å². The number of carbonyl (C=O) groups is 2. The minimum Gasteiger partial charge on any atom is -0.478 e. The van der Waals surface area contributed by atoms with Gasteiger partial charge in [-0.3, -0.25) is 4.79 Å². The molecule has 0 saturated heterocycles. The molecule has 0 radical (unpaired) electrons. The largest absolute Gasteiger partial charge is 0.478 e. The van der Waals surface area contributed by atoms with Crippen LogP contribution in [0.3, 0.4) is 0 Å². The highest BCUT2D eigenvalue weighted by molar-refractivity contribution is 9.12. The number of carboxylic acid groups (broad SMARTS) is 1. The van der Waals surface area contributed by atoms with E-state index in [1.807, 2.05) is 0 Å². The maximum atomic E-state index is 12.1. The van der Waals surface area contributed by atoms with Crippen LogP contribution < -0.4 is 5.32 Å². The van der Waals surface area contributed by atoms with Crippen molar-refractivity contribution in [1.29, 1.82) is 0 Å². The number of halogens is 3. The number of carboxylic acids is 1. The molecule has 8 heteroatoms. The van der Waals surface area contributed by atoms with Crippen molar-refractivity contribution in [3.63, 3.8) is 0 Å². The molecule has 4 nitrogen and oxygen atoms in total. The SMILES string of the molecule is O=C(Nc1cccc(Cl)c1C(=O)O)c1cc(Br)sc1Br. The molecule has 0 atom stereocenters. The van der Waals surface area contributed by atoms with Gasteiger partial charge in [0.2, 0.25) is 0 Å². The van der Waals surface area contributed by atoms with Crippen LogP contribution >= 0.6 is 54.8 Å². The maximum Gasteiger partial charge on any atom is 0.339 e. The quantitative estimate of drug-likeness (QED) is 0.717. The highest BCUT2D eigenvalue weighted by Gasteiger charge is 2.19. The van der Waals surface area contributed by atoms with Crippen LogP contribution in [-0.4, -0.2) is 17.0 Å². The highest BCUT2D eigenvalue weighted by atomic mass is 79.9. The lowest BCUT2D eigenvalue weighted by Gasteiger charge is -2.09. The van der Waals surface area contributed by atoms with E-state index in [0.717, 1.165) is 3.79 Å². The second-order valence-corrected chi connectivity index (χ2v) is 7.82. The predicted octanol–water partition coefficient (Wildman–Crippen LogP) is 4.88. The van der Waals surface area contributed by atoms with Crippen molar-refractivity contribution < 1.29 is 14.7 Å². The van der Waals surface area contributed by atoms with E-state index in [0.29, 0.717) is 9.35 Å². The van der Waals surface area contributed by atoms with Crippen LogP contribution in [0.2, 0.25) is 5.02 Å². The van der Waals surface area contributed by atoms with Crippen molar-refractivity contribution >= 4 is 72.4 Å². The molecular weight excluding hydrogens is 433 g/mol. The van der Waals surface area contributed by atoms with Gasteiger partial charge in [-0.2, -0.15) is 0 Å². The Hall–Kier alpha value is -0.890. The third kappa shape index (κ3) is 3.22. The molecular formula is C12H6Br2ClNO3S. The molecule has 0 aliphatic rings. The number of thiophene rings is 1. The molecule has 2 N–H and O–H groups in total. The summed E-state index contributed by atoms with van der Waals surface area (Å²) in [7, 11) is 0. The average molecular weight is 440 g/mol. The number of rotatable bonds is 3. The summed E-state index contributed by atoms with van der Waals surface area (Å²) in [5.74, 6) is -1.61. The van der Waals surface area contributed by atoms with E-state index in [2.05, 4.69) is 37.2 Å². The van der Waals surface area contributed by atoms with E-state index in [9.17, 15) is 9.59 Å². The summed E-state index contributed by atoms with van der Waals surface area (Å²) in [6, 6.07) is 6.17. The van der Waals surface area contributed by atoms with Crippen molar-refractivity contribution in [2.24, 2.45) is 0 Å². The molecule has 0 unspecified atom stereocenters. The number of nitrogens with one attached hydrogen (secondary N) is 1. The Balaban J connectivity index is 2.36. The van der Waals surface area contributed by atoms with Crippen LogP contribution in [0.5, 0.6) is 0 Å². The average Bonchev–Trinajstić information content (AvgIpc) is 2.68. The molecule has 1 amide bonds. The van der Waals surface area contributed by atoms with Gasteiger partial charge in [0.15, 0.2) is 0 Å². The molecule has 0 aliphatic heterocycles. The first-order chi connectivity index (χ1) is 9.40. The molecule has 1 heterocycles. The Kier molecular flexibility index (Phi) is 4.85. The van der Waals surface area contributed by atoms with E-state index < -0.39 is 11.9 Å². The Morgan fingerprint density at radius 3 is 2.55 bits per heavy atom. The van der Waals surface area contributed by atoms with Gasteiger partial charge in [0.05, 0.1) is 23.8 Å². The summed E-state index contributed by atoms with van der Waals surface area (Å²) in [6.45, 7) is 0. The molecule has 0 saturated carbocycles. The van der Waals surface area contributed by atoms with Crippen LogP contribution in [0.25, 0.3) is 0 Å². The van der Waals surface area contributed by atoms with E-state index in [1.165, 1.54) is 23.5 Å². The summed E-state index contributed by atoms with van der Waals surface area (Å²) in [5, 5.41) is 11.8. The topological polar surface area (TPSA) is 66.4 Å². The standard InChI is InChI=1S/C12H6Br2ClNO3S/c13-8-4-5(10(14)20-8)11(17)16-7-3-1-2-6(15)9(7)12(18)19/h1-4H,(H,16,17)(H,18,19). The third-order valence-corrected chi connectivity index (χ3v) is 5.03. The van der Waals surface area contributed by atoms with Crippen LogP contribution in [0, 0.1) is 0 Å². The summed E-state index contributed by atoms with van der Waals surface area (Å²) in [6.07, 6.45) is 0. The predicted molar refractivity (Wildman–Crippen MR) is 86.1 cm³/mol. The number of hydrogen-bond donors (Lipinski definition) is 2. The number of amides is 1. The molecule has 20 heavy (non-hydrogen) atoms. The molecule has 1 aromatic carbocycles. The lowest BCUT2D eigenvalue weighted by molar-refractivity contribution is 0.0698. The second kappa shape index (κ2) is 6.26. The van der Waals surface area contributed by atoms with Crippen LogP contribution in [0.15, 0.2) is 31.8 Å². The fourth-order valence-electron chi connectivity index (χ4n) is 1.53. The first kappa shape index (κ1) is 15.5. The van der Waals surface area contributed by atoms with Gasteiger partial charge in [-0.25, -0.2) is 4.79 Å². The van der Waals surface area contributed by atoms with Crippen molar-refractivity contribution in [2.75, 3.05) is 5.32 Å². The summed E-state index contributed by atoms with van der Waals surface area (Å²) in [4.78, 5) is 23.3. The van der Waals surface area contributed by atoms with Crippen LogP contribution in [-0.2, 0) is 0 Å². The Morgan fingerprint density at radius 2 is 2.00 bits per heavy atom. The van der Waals surface area contributed by atoms with E-state index in [1.54, 1.807) is 12.1 Å². The number of aromatic carboxylic acids is 1. The molecule has 1 aromatic heterocycles. The highest BCUT2D eigenvalue weighted by Crippen LogP contribution is 2.33. The van der Waals surface area contributed by atoms with E-state index in [-0.39, 0.29) is 16.3 Å². The van der Waals surface area contributed by atoms with E-state index in [4.69, 9.17) is 16.7 Å². The zero-order valence-corrected chi connectivity index (χ0v) is 14.4. The van der Waals surface area contributed by atoms with Crippen molar-refractivity contribution in [2.45, 2.75) is 0 Å². The molecule has 0 aliphatic carbocycles. The fourth-order valence-corrected chi connectivity index (χ4v) is 4.58. The van der Waals surface area contributed by atoms with E-state index >= 15 is 0 Å². The Bertz CT molecular complexity index is 702. The van der Waals surface area contributed by atoms with Gasteiger partial charge in [0.25, 0.3) is 5.91 Å². The number of hydrogen-bond acceptors (Lipinski definition) is 3. The van der Waals surface area contributed by atoms with Gasteiger partial charge in [-0.1, -0.05) is 17.7 Å². The second-order valence-electron chi connectivity index (χ2n) is 3.66. The summed E-state index contributed by atoms with van der Waals surface area (Å²) < 4.78 is 1.44. The molecule has 2 rings (SSSR count). The van der Waals surface area contributed by atoms with Gasteiger partial charge in [0.1, 0.15) is 5.56 Å². The summed E-state index contributed by atoms with van der Waals surface area (Å²) in [5.41, 5.74) is 0.440. The molecule has 104 valence electrons. The molecule has 0 bridgehead atoms. The number of anilines is 1. The van der Waals surface area contributed by atoms with Crippen molar-refractivity contribution in [1.82, 2.24) is 0 Å². The fraction of sp³-hybridized carbons (Fsp3) is 0. The zero-order valence-electron chi connectivity index (χ0n) is 9.62. The lowest BCUT2D eigenvalue weighted by Crippen LogP contribution is -2.14. The molecule has 0 fully saturated rings. The minimum atomic E-state index is -1.20.